The van der Waals surface area contributed by atoms with Crippen LogP contribution in [0.5, 0.6) is 11.5 Å². The van der Waals surface area contributed by atoms with Crippen LogP contribution in [0.3, 0.4) is 0 Å². The van der Waals surface area contributed by atoms with Gasteiger partial charge >= 0.3 is 0 Å². The highest BCUT2D eigenvalue weighted by Crippen LogP contribution is 2.31. The molecule has 0 radical (unpaired) electrons. The first-order valence-electron chi connectivity index (χ1n) is 11.4. The lowest BCUT2D eigenvalue weighted by molar-refractivity contribution is 0.102. The summed E-state index contributed by atoms with van der Waals surface area (Å²) in [5.74, 6) is 0.765. The molecule has 5 rings (SSSR count). The average Bonchev–Trinajstić information content (AvgIpc) is 3.48. The number of hydrogen-bond donors (Lipinski definition) is 3. The minimum Gasteiger partial charge on any atom is -0.497 e. The number of nitrogens with one attached hydrogen (secondary N) is 3. The fourth-order valence-electron chi connectivity index (χ4n) is 3.62. The van der Waals surface area contributed by atoms with Crippen molar-refractivity contribution >= 4 is 61.3 Å². The molecule has 0 saturated heterocycles. The van der Waals surface area contributed by atoms with E-state index in [9.17, 15) is 13.2 Å². The van der Waals surface area contributed by atoms with Gasteiger partial charge in [-0.15, -0.1) is 11.3 Å². The lowest BCUT2D eigenvalue weighted by Crippen LogP contribution is -2.17. The zero-order chi connectivity index (χ0) is 27.4. The highest BCUT2D eigenvalue weighted by Gasteiger charge is 2.20. The number of anilines is 4. The largest absolute Gasteiger partial charge is 0.497 e. The minimum atomic E-state index is -4.14. The number of aromatic nitrogens is 3. The van der Waals surface area contributed by atoms with Crippen molar-refractivity contribution in [3.63, 3.8) is 0 Å². The summed E-state index contributed by atoms with van der Waals surface area (Å²) >= 11 is 1.28. The SMILES string of the molecule is COc1cc(Nc2nc3ccccc3nc2NS(=O)(=O)c2cccc(NC(=O)c3cscn3)c2)cc(OC)c1. The maximum atomic E-state index is 13.4. The Hall–Kier alpha value is -4.75. The van der Waals surface area contributed by atoms with Crippen molar-refractivity contribution in [3.05, 3.63) is 83.3 Å². The topological polar surface area (TPSA) is 144 Å². The van der Waals surface area contributed by atoms with Crippen molar-refractivity contribution in [1.82, 2.24) is 15.0 Å². The number of benzene rings is 3. The molecule has 13 heteroatoms. The summed E-state index contributed by atoms with van der Waals surface area (Å²) < 4.78 is 40.1. The molecule has 5 aromatic rings. The number of carbonyl (C=O) groups excluding carboxylic acids is 1. The molecule has 2 aromatic heterocycles. The predicted octanol–water partition coefficient (Wildman–Crippen LogP) is 4.90. The van der Waals surface area contributed by atoms with Gasteiger partial charge in [-0.05, 0) is 30.3 Å². The van der Waals surface area contributed by atoms with Gasteiger partial charge in [0.15, 0.2) is 11.6 Å². The molecule has 0 unspecified atom stereocenters. The van der Waals surface area contributed by atoms with Crippen LogP contribution in [-0.4, -0.2) is 43.5 Å². The van der Waals surface area contributed by atoms with Gasteiger partial charge in [-0.1, -0.05) is 18.2 Å². The van der Waals surface area contributed by atoms with Crippen LogP contribution in [-0.2, 0) is 10.0 Å². The molecule has 3 N–H and O–H groups in total. The first kappa shape index (κ1) is 25.9. The van der Waals surface area contributed by atoms with Gasteiger partial charge in [0.25, 0.3) is 15.9 Å². The molecule has 0 atom stereocenters. The molecular formula is C26H22N6O5S2. The van der Waals surface area contributed by atoms with Crippen LogP contribution in [0.2, 0.25) is 0 Å². The quantitative estimate of drug-likeness (QED) is 0.228. The van der Waals surface area contributed by atoms with Crippen molar-refractivity contribution in [2.45, 2.75) is 4.90 Å². The van der Waals surface area contributed by atoms with Crippen LogP contribution < -0.4 is 24.8 Å². The zero-order valence-electron chi connectivity index (χ0n) is 20.7. The predicted molar refractivity (Wildman–Crippen MR) is 150 cm³/mol. The third-order valence-electron chi connectivity index (χ3n) is 5.48. The van der Waals surface area contributed by atoms with Crippen molar-refractivity contribution < 1.29 is 22.7 Å². The third-order valence-corrected chi connectivity index (χ3v) is 7.41. The van der Waals surface area contributed by atoms with Crippen molar-refractivity contribution in [2.75, 3.05) is 29.6 Å². The van der Waals surface area contributed by atoms with Crippen LogP contribution in [0, 0.1) is 0 Å². The van der Waals surface area contributed by atoms with Crippen LogP contribution in [0.1, 0.15) is 10.5 Å². The first-order chi connectivity index (χ1) is 18.8. The summed E-state index contributed by atoms with van der Waals surface area (Å²) in [5, 5.41) is 7.38. The van der Waals surface area contributed by atoms with Crippen LogP contribution in [0.25, 0.3) is 11.0 Å². The van der Waals surface area contributed by atoms with Crippen LogP contribution >= 0.6 is 11.3 Å². The normalized spacial score (nSPS) is 11.1. The number of hydrogen-bond acceptors (Lipinski definition) is 10. The third kappa shape index (κ3) is 5.89. The van der Waals surface area contributed by atoms with E-state index in [0.717, 1.165) is 0 Å². The molecule has 0 spiro atoms. The molecule has 0 fully saturated rings. The van der Waals surface area contributed by atoms with E-state index in [1.165, 1.54) is 49.3 Å². The van der Waals surface area contributed by atoms with E-state index >= 15 is 0 Å². The Morgan fingerprint density at radius 2 is 1.54 bits per heavy atom. The van der Waals surface area contributed by atoms with E-state index in [1.54, 1.807) is 47.8 Å². The summed E-state index contributed by atoms with van der Waals surface area (Å²) in [5.41, 5.74) is 3.67. The zero-order valence-corrected chi connectivity index (χ0v) is 22.3. The highest BCUT2D eigenvalue weighted by atomic mass is 32.2. The van der Waals surface area contributed by atoms with E-state index in [4.69, 9.17) is 9.47 Å². The maximum Gasteiger partial charge on any atom is 0.275 e. The van der Waals surface area contributed by atoms with Crippen molar-refractivity contribution in [1.29, 1.82) is 0 Å². The van der Waals surface area contributed by atoms with Gasteiger partial charge in [-0.25, -0.2) is 23.4 Å². The fraction of sp³-hybridized carbons (Fsp3) is 0.0769. The molecule has 0 aliphatic carbocycles. The molecule has 0 aliphatic rings. The molecule has 0 saturated carbocycles. The van der Waals surface area contributed by atoms with Crippen LogP contribution in [0.15, 0.2) is 82.5 Å². The number of fused-ring (bicyclic) bond motifs is 1. The van der Waals surface area contributed by atoms with Gasteiger partial charge in [-0.3, -0.25) is 9.52 Å². The second kappa shape index (κ2) is 10.9. The van der Waals surface area contributed by atoms with Gasteiger partial charge in [0.2, 0.25) is 0 Å². The second-order valence-corrected chi connectivity index (χ2v) is 10.5. The van der Waals surface area contributed by atoms with Gasteiger partial charge in [0, 0.05) is 35.0 Å². The molecule has 3 aromatic carbocycles. The standard InChI is InChI=1S/C26H22N6O5S2/c1-36-18-10-17(11-19(13-18)37-2)28-24-25(31-22-9-4-3-8-21(22)30-24)32-39(34,35)20-7-5-6-16(12-20)29-26(33)23-14-38-15-27-23/h3-15H,1-2H3,(H,28,30)(H,29,33)(H,31,32). The lowest BCUT2D eigenvalue weighted by atomic mass is 10.2. The summed E-state index contributed by atoms with van der Waals surface area (Å²) in [4.78, 5) is 25.4. The van der Waals surface area contributed by atoms with E-state index < -0.39 is 15.9 Å². The Kier molecular flexibility index (Phi) is 7.25. The fourth-order valence-corrected chi connectivity index (χ4v) is 5.21. The van der Waals surface area contributed by atoms with Crippen LogP contribution in [0.4, 0.5) is 23.0 Å². The van der Waals surface area contributed by atoms with Gasteiger partial charge in [0.1, 0.15) is 17.2 Å². The number of para-hydroxylation sites is 2. The number of methoxy groups -OCH3 is 2. The number of thiazole rings is 1. The van der Waals surface area contributed by atoms with E-state index in [-0.39, 0.29) is 22.2 Å². The Morgan fingerprint density at radius 1 is 0.846 bits per heavy atom. The van der Waals surface area contributed by atoms with E-state index in [2.05, 4.69) is 30.3 Å². The summed E-state index contributed by atoms with van der Waals surface area (Å²) in [6.45, 7) is 0. The summed E-state index contributed by atoms with van der Waals surface area (Å²) in [6, 6.07) is 18.1. The number of sulfonamides is 1. The van der Waals surface area contributed by atoms with Crippen molar-refractivity contribution in [3.8, 4) is 11.5 Å². The monoisotopic (exact) mass is 562 g/mol. The van der Waals surface area contributed by atoms with Gasteiger partial charge in [-0.2, -0.15) is 0 Å². The lowest BCUT2D eigenvalue weighted by Gasteiger charge is -2.15. The second-order valence-electron chi connectivity index (χ2n) is 8.10. The number of carbonyl (C=O) groups is 1. The maximum absolute atomic E-state index is 13.4. The Labute approximate surface area is 227 Å². The summed E-state index contributed by atoms with van der Waals surface area (Å²) in [7, 11) is -1.08. The number of rotatable bonds is 9. The summed E-state index contributed by atoms with van der Waals surface area (Å²) in [6.07, 6.45) is 0. The Balaban J connectivity index is 1.49. The van der Waals surface area contributed by atoms with E-state index in [0.29, 0.717) is 33.9 Å². The molecule has 198 valence electrons. The molecule has 1 amide bonds. The number of ether oxygens (including phenoxy) is 2. The Morgan fingerprint density at radius 3 is 2.18 bits per heavy atom. The molecular weight excluding hydrogens is 540 g/mol. The molecule has 2 heterocycles. The highest BCUT2D eigenvalue weighted by molar-refractivity contribution is 7.92. The average molecular weight is 563 g/mol. The van der Waals surface area contributed by atoms with E-state index in [1.807, 2.05) is 6.07 Å². The molecule has 0 aliphatic heterocycles. The van der Waals surface area contributed by atoms with Gasteiger partial charge < -0.3 is 20.1 Å². The van der Waals surface area contributed by atoms with Crippen molar-refractivity contribution in [2.24, 2.45) is 0 Å². The number of nitrogens with zero attached hydrogens (tertiary/aromatic N) is 3. The minimum absolute atomic E-state index is 0.0209. The molecule has 11 nitrogen and oxygen atoms in total. The molecule has 0 bridgehead atoms. The molecule has 39 heavy (non-hydrogen) atoms. The first-order valence-corrected chi connectivity index (χ1v) is 13.9. The smallest absolute Gasteiger partial charge is 0.275 e. The van der Waals surface area contributed by atoms with Gasteiger partial charge in [0.05, 0.1) is 35.7 Å². The number of amides is 1. The Bertz CT molecular complexity index is 1740.